The van der Waals surface area contributed by atoms with Gasteiger partial charge in [-0.25, -0.2) is 0 Å². The van der Waals surface area contributed by atoms with Gasteiger partial charge in [0.05, 0.1) is 0 Å². The van der Waals surface area contributed by atoms with E-state index in [9.17, 15) is 0 Å². The van der Waals surface area contributed by atoms with Gasteiger partial charge < -0.3 is 20.4 Å². The summed E-state index contributed by atoms with van der Waals surface area (Å²) in [6.07, 6.45) is 5.24. The number of guanidine groups is 1. The van der Waals surface area contributed by atoms with Crippen LogP contribution in [0.15, 0.2) is 29.4 Å². The van der Waals surface area contributed by atoms with Crippen molar-refractivity contribution in [3.8, 4) is 0 Å². The van der Waals surface area contributed by atoms with Gasteiger partial charge in [0.2, 0.25) is 0 Å². The summed E-state index contributed by atoms with van der Waals surface area (Å²) in [6.45, 7) is 7.57. The maximum Gasteiger partial charge on any atom is 0.190 e. The van der Waals surface area contributed by atoms with Crippen molar-refractivity contribution < 1.29 is 4.74 Å². The molecular weight excluding hydrogens is 427 g/mol. The lowest BCUT2D eigenvalue weighted by Gasteiger charge is -2.11. The molecule has 0 aliphatic heterocycles. The van der Waals surface area contributed by atoms with E-state index in [1.165, 1.54) is 22.0 Å². The molecular formula is C19H31IN4O. The zero-order chi connectivity index (χ0) is 17.2. The number of rotatable bonds is 9. The second-order valence-electron chi connectivity index (χ2n) is 5.89. The summed E-state index contributed by atoms with van der Waals surface area (Å²) in [6, 6.07) is 6.43. The van der Waals surface area contributed by atoms with E-state index in [2.05, 4.69) is 51.9 Å². The van der Waals surface area contributed by atoms with Gasteiger partial charge in [-0.3, -0.25) is 4.99 Å². The molecule has 0 unspecified atom stereocenters. The van der Waals surface area contributed by atoms with Crippen LogP contribution in [0.2, 0.25) is 0 Å². The molecule has 25 heavy (non-hydrogen) atoms. The molecule has 0 saturated heterocycles. The topological polar surface area (TPSA) is 61.4 Å². The standard InChI is InChI=1S/C19H30N4O.HI/c1-4-24-13-6-5-11-21-19(20-3)22-12-10-16-14-23-18-15(2)8-7-9-17(16)18;/h7-9,14,23H,4-6,10-13H2,1-3H3,(H2,20,21,22);1H. The molecule has 0 radical (unpaired) electrons. The molecule has 1 heterocycles. The van der Waals surface area contributed by atoms with Gasteiger partial charge >= 0.3 is 0 Å². The van der Waals surface area contributed by atoms with Gasteiger partial charge in [0, 0.05) is 50.5 Å². The van der Waals surface area contributed by atoms with Crippen LogP contribution in [0.4, 0.5) is 0 Å². The van der Waals surface area contributed by atoms with Crippen molar-refractivity contribution in [3.05, 3.63) is 35.5 Å². The van der Waals surface area contributed by atoms with Crippen LogP contribution in [0.1, 0.15) is 30.9 Å². The highest BCUT2D eigenvalue weighted by atomic mass is 127. The lowest BCUT2D eigenvalue weighted by atomic mass is 10.1. The van der Waals surface area contributed by atoms with Crippen LogP contribution >= 0.6 is 24.0 Å². The number of aryl methyl sites for hydroxylation is 1. The minimum Gasteiger partial charge on any atom is -0.382 e. The van der Waals surface area contributed by atoms with E-state index in [4.69, 9.17) is 4.74 Å². The first-order valence-electron chi connectivity index (χ1n) is 8.84. The van der Waals surface area contributed by atoms with Crippen LogP contribution in [-0.4, -0.2) is 44.3 Å². The third kappa shape index (κ3) is 6.86. The van der Waals surface area contributed by atoms with Crippen molar-refractivity contribution in [1.29, 1.82) is 0 Å². The fourth-order valence-electron chi connectivity index (χ4n) is 2.79. The van der Waals surface area contributed by atoms with Crippen molar-refractivity contribution in [2.75, 3.05) is 33.4 Å². The van der Waals surface area contributed by atoms with Crippen LogP contribution in [0.5, 0.6) is 0 Å². The Morgan fingerprint density at radius 1 is 1.20 bits per heavy atom. The fourth-order valence-corrected chi connectivity index (χ4v) is 2.79. The molecule has 3 N–H and O–H groups in total. The number of nitrogens with zero attached hydrogens (tertiary/aromatic N) is 1. The van der Waals surface area contributed by atoms with E-state index in [1.807, 2.05) is 14.0 Å². The number of hydrogen-bond acceptors (Lipinski definition) is 2. The quantitative estimate of drug-likeness (QED) is 0.233. The van der Waals surface area contributed by atoms with Gasteiger partial charge in [0.15, 0.2) is 5.96 Å². The first-order valence-corrected chi connectivity index (χ1v) is 8.84. The molecule has 6 heteroatoms. The molecule has 2 rings (SSSR count). The minimum atomic E-state index is 0. The molecule has 2 aromatic rings. The number of H-pyrrole nitrogens is 1. The van der Waals surface area contributed by atoms with Crippen LogP contribution in [0.3, 0.4) is 0 Å². The number of nitrogens with one attached hydrogen (secondary N) is 3. The number of para-hydroxylation sites is 1. The zero-order valence-corrected chi connectivity index (χ0v) is 17.9. The minimum absolute atomic E-state index is 0. The first kappa shape index (κ1) is 21.8. The van der Waals surface area contributed by atoms with E-state index in [0.29, 0.717) is 0 Å². The Labute approximate surface area is 168 Å². The van der Waals surface area contributed by atoms with Crippen molar-refractivity contribution in [2.24, 2.45) is 4.99 Å². The molecule has 1 aromatic heterocycles. The third-order valence-corrected chi connectivity index (χ3v) is 4.13. The second-order valence-corrected chi connectivity index (χ2v) is 5.89. The van der Waals surface area contributed by atoms with Crippen LogP contribution in [0, 0.1) is 6.92 Å². The Morgan fingerprint density at radius 2 is 2.00 bits per heavy atom. The Kier molecular flexibility index (Phi) is 10.6. The van der Waals surface area contributed by atoms with Crippen LogP contribution in [-0.2, 0) is 11.2 Å². The summed E-state index contributed by atoms with van der Waals surface area (Å²) in [5.41, 5.74) is 3.87. The smallest absolute Gasteiger partial charge is 0.190 e. The molecule has 0 atom stereocenters. The van der Waals surface area contributed by atoms with Crippen molar-refractivity contribution in [3.63, 3.8) is 0 Å². The lowest BCUT2D eigenvalue weighted by molar-refractivity contribution is 0.143. The predicted molar refractivity (Wildman–Crippen MR) is 117 cm³/mol. The number of benzene rings is 1. The molecule has 5 nitrogen and oxygen atoms in total. The molecule has 0 bridgehead atoms. The van der Waals surface area contributed by atoms with Gasteiger partial charge in [-0.05, 0) is 44.2 Å². The molecule has 0 aliphatic rings. The summed E-state index contributed by atoms with van der Waals surface area (Å²) < 4.78 is 5.34. The summed E-state index contributed by atoms with van der Waals surface area (Å²) in [5.74, 6) is 0.863. The molecule has 140 valence electrons. The van der Waals surface area contributed by atoms with E-state index >= 15 is 0 Å². The summed E-state index contributed by atoms with van der Waals surface area (Å²) >= 11 is 0. The average molecular weight is 458 g/mol. The SMILES string of the molecule is CCOCCCCNC(=NC)NCCc1c[nH]c2c(C)cccc12.I. The second kappa shape index (κ2) is 12.1. The number of aliphatic imine (C=N–C) groups is 1. The average Bonchev–Trinajstić information content (AvgIpc) is 3.01. The Morgan fingerprint density at radius 3 is 2.76 bits per heavy atom. The van der Waals surface area contributed by atoms with Crippen molar-refractivity contribution in [2.45, 2.75) is 33.1 Å². The highest BCUT2D eigenvalue weighted by Crippen LogP contribution is 2.21. The Bertz CT molecular complexity index is 654. The maximum absolute atomic E-state index is 5.34. The summed E-state index contributed by atoms with van der Waals surface area (Å²) in [7, 11) is 1.81. The molecule has 0 aliphatic carbocycles. The molecule has 0 spiro atoms. The van der Waals surface area contributed by atoms with E-state index < -0.39 is 0 Å². The lowest BCUT2D eigenvalue weighted by Crippen LogP contribution is -2.38. The number of aromatic amines is 1. The van der Waals surface area contributed by atoms with Crippen molar-refractivity contribution in [1.82, 2.24) is 15.6 Å². The van der Waals surface area contributed by atoms with Gasteiger partial charge in [-0.15, -0.1) is 24.0 Å². The van der Waals surface area contributed by atoms with Gasteiger partial charge in [-0.1, -0.05) is 18.2 Å². The molecule has 0 amide bonds. The highest BCUT2D eigenvalue weighted by molar-refractivity contribution is 14.0. The number of halogens is 1. The summed E-state index contributed by atoms with van der Waals surface area (Å²) in [5, 5.41) is 8.05. The largest absolute Gasteiger partial charge is 0.382 e. The number of aromatic nitrogens is 1. The Hall–Kier alpha value is -1.28. The number of unbranched alkanes of at least 4 members (excludes halogenated alkanes) is 1. The normalized spacial score (nSPS) is 11.4. The van der Waals surface area contributed by atoms with E-state index in [-0.39, 0.29) is 24.0 Å². The van der Waals surface area contributed by atoms with Crippen molar-refractivity contribution >= 4 is 40.8 Å². The molecule has 0 fully saturated rings. The fraction of sp³-hybridized carbons (Fsp3) is 0.526. The van der Waals surface area contributed by atoms with E-state index in [1.54, 1.807) is 0 Å². The van der Waals surface area contributed by atoms with Gasteiger partial charge in [0.1, 0.15) is 0 Å². The Balaban J connectivity index is 0.00000312. The van der Waals surface area contributed by atoms with Gasteiger partial charge in [0.25, 0.3) is 0 Å². The van der Waals surface area contributed by atoms with Crippen LogP contribution < -0.4 is 10.6 Å². The maximum atomic E-state index is 5.34. The van der Waals surface area contributed by atoms with Crippen LogP contribution in [0.25, 0.3) is 10.9 Å². The third-order valence-electron chi connectivity index (χ3n) is 4.13. The molecule has 1 aromatic carbocycles. The number of ether oxygens (including phenoxy) is 1. The number of hydrogen-bond donors (Lipinski definition) is 3. The highest BCUT2D eigenvalue weighted by Gasteiger charge is 2.05. The van der Waals surface area contributed by atoms with Gasteiger partial charge in [-0.2, -0.15) is 0 Å². The molecule has 0 saturated carbocycles. The number of fused-ring (bicyclic) bond motifs is 1. The summed E-state index contributed by atoms with van der Waals surface area (Å²) in [4.78, 5) is 7.65. The van der Waals surface area contributed by atoms with E-state index in [0.717, 1.165) is 51.5 Å². The first-order chi connectivity index (χ1) is 11.8. The predicted octanol–water partition coefficient (Wildman–Crippen LogP) is 3.62. The monoisotopic (exact) mass is 458 g/mol. The zero-order valence-electron chi connectivity index (χ0n) is 15.5.